The summed E-state index contributed by atoms with van der Waals surface area (Å²) in [6, 6.07) is 2.14. The van der Waals surface area contributed by atoms with Crippen LogP contribution in [0.2, 0.25) is 0 Å². The maximum absolute atomic E-state index is 11.0. The summed E-state index contributed by atoms with van der Waals surface area (Å²) in [5.74, 6) is -1.000. The van der Waals surface area contributed by atoms with Gasteiger partial charge in [-0.25, -0.2) is 14.8 Å². The minimum atomic E-state index is -1.000. The van der Waals surface area contributed by atoms with Gasteiger partial charge in [0.2, 0.25) is 0 Å². The fourth-order valence-corrected chi connectivity index (χ4v) is 2.74. The Labute approximate surface area is 115 Å². The summed E-state index contributed by atoms with van der Waals surface area (Å²) >= 11 is 1.75. The molecule has 0 saturated carbocycles. The normalized spacial score (nSPS) is 10.6. The second-order valence-corrected chi connectivity index (χ2v) is 5.58. The third kappa shape index (κ3) is 3.36. The average Bonchev–Trinajstić information content (AvgIpc) is 2.69. The molecule has 2 rings (SSSR count). The second kappa shape index (κ2) is 5.90. The zero-order chi connectivity index (χ0) is 13.8. The predicted octanol–water partition coefficient (Wildman–Crippen LogP) is 2.14. The Morgan fingerprint density at radius 1 is 1.42 bits per heavy atom. The SMILES string of the molecule is Cc1cc(CNCc2ncncc2C(=O)O)sc1C. The van der Waals surface area contributed by atoms with Crippen molar-refractivity contribution in [2.75, 3.05) is 0 Å². The zero-order valence-electron chi connectivity index (χ0n) is 10.8. The van der Waals surface area contributed by atoms with E-state index in [4.69, 9.17) is 5.11 Å². The summed E-state index contributed by atoms with van der Waals surface area (Å²) < 4.78 is 0. The van der Waals surface area contributed by atoms with Crippen molar-refractivity contribution in [3.05, 3.63) is 45.2 Å². The monoisotopic (exact) mass is 277 g/mol. The van der Waals surface area contributed by atoms with Crippen LogP contribution in [-0.4, -0.2) is 21.0 Å². The fraction of sp³-hybridized carbons (Fsp3) is 0.308. The maximum Gasteiger partial charge on any atom is 0.339 e. The van der Waals surface area contributed by atoms with Crippen LogP contribution in [0.1, 0.15) is 31.4 Å². The first-order chi connectivity index (χ1) is 9.08. The number of carbonyl (C=O) groups is 1. The largest absolute Gasteiger partial charge is 0.478 e. The van der Waals surface area contributed by atoms with Crippen molar-refractivity contribution in [2.24, 2.45) is 0 Å². The molecule has 100 valence electrons. The van der Waals surface area contributed by atoms with Crippen molar-refractivity contribution < 1.29 is 9.90 Å². The van der Waals surface area contributed by atoms with Gasteiger partial charge in [-0.15, -0.1) is 11.3 Å². The van der Waals surface area contributed by atoms with Gasteiger partial charge >= 0.3 is 5.97 Å². The molecule has 0 radical (unpaired) electrons. The highest BCUT2D eigenvalue weighted by Gasteiger charge is 2.11. The van der Waals surface area contributed by atoms with Gasteiger partial charge in [0.15, 0.2) is 0 Å². The quantitative estimate of drug-likeness (QED) is 0.875. The van der Waals surface area contributed by atoms with E-state index in [1.54, 1.807) is 11.3 Å². The first kappa shape index (κ1) is 13.6. The highest BCUT2D eigenvalue weighted by molar-refractivity contribution is 7.12. The highest BCUT2D eigenvalue weighted by Crippen LogP contribution is 2.20. The molecule has 0 unspecified atom stereocenters. The van der Waals surface area contributed by atoms with Crippen molar-refractivity contribution in [1.82, 2.24) is 15.3 Å². The van der Waals surface area contributed by atoms with E-state index in [1.807, 2.05) is 0 Å². The summed E-state index contributed by atoms with van der Waals surface area (Å²) in [6.45, 7) is 5.31. The number of rotatable bonds is 5. The number of carboxylic acids is 1. The van der Waals surface area contributed by atoms with Gasteiger partial charge in [-0.2, -0.15) is 0 Å². The lowest BCUT2D eigenvalue weighted by atomic mass is 10.2. The Balaban J connectivity index is 1.98. The third-order valence-corrected chi connectivity index (χ3v) is 3.99. The van der Waals surface area contributed by atoms with E-state index in [1.165, 1.54) is 27.8 Å². The Hall–Kier alpha value is -1.79. The molecular weight excluding hydrogens is 262 g/mol. The first-order valence-electron chi connectivity index (χ1n) is 5.86. The van der Waals surface area contributed by atoms with Crippen molar-refractivity contribution in [2.45, 2.75) is 26.9 Å². The van der Waals surface area contributed by atoms with Gasteiger partial charge in [0, 0.05) is 29.0 Å². The van der Waals surface area contributed by atoms with Gasteiger partial charge in [-0.05, 0) is 25.5 Å². The standard InChI is InChI=1S/C13H15N3O2S/c1-8-3-10(19-9(8)2)4-14-6-12-11(13(17)18)5-15-7-16-12/h3,5,7,14H,4,6H2,1-2H3,(H,17,18). The summed E-state index contributed by atoms with van der Waals surface area (Å²) in [6.07, 6.45) is 2.69. The number of nitrogens with one attached hydrogen (secondary N) is 1. The van der Waals surface area contributed by atoms with Crippen LogP contribution in [0.5, 0.6) is 0 Å². The minimum Gasteiger partial charge on any atom is -0.478 e. The van der Waals surface area contributed by atoms with Crippen molar-refractivity contribution >= 4 is 17.3 Å². The molecular formula is C13H15N3O2S. The Kier molecular flexibility index (Phi) is 4.24. The Bertz CT molecular complexity index is 576. The summed E-state index contributed by atoms with van der Waals surface area (Å²) in [5.41, 5.74) is 1.94. The molecule has 0 aliphatic rings. The predicted molar refractivity (Wildman–Crippen MR) is 73.3 cm³/mol. The van der Waals surface area contributed by atoms with Gasteiger partial charge in [-0.1, -0.05) is 0 Å². The van der Waals surface area contributed by atoms with Crippen molar-refractivity contribution in [3.63, 3.8) is 0 Å². The van der Waals surface area contributed by atoms with E-state index >= 15 is 0 Å². The average molecular weight is 277 g/mol. The van der Waals surface area contributed by atoms with E-state index in [0.29, 0.717) is 18.8 Å². The van der Waals surface area contributed by atoms with Crippen molar-refractivity contribution in [3.8, 4) is 0 Å². The molecule has 0 spiro atoms. The molecule has 0 aliphatic heterocycles. The van der Waals surface area contributed by atoms with Crippen molar-refractivity contribution in [1.29, 1.82) is 0 Å². The van der Waals surface area contributed by atoms with Gasteiger partial charge in [0.1, 0.15) is 11.9 Å². The first-order valence-corrected chi connectivity index (χ1v) is 6.68. The molecule has 2 aromatic heterocycles. The molecule has 0 aromatic carbocycles. The van der Waals surface area contributed by atoms with Gasteiger partial charge in [0.05, 0.1) is 5.69 Å². The topological polar surface area (TPSA) is 75.1 Å². The lowest BCUT2D eigenvalue weighted by Crippen LogP contribution is -2.16. The summed E-state index contributed by atoms with van der Waals surface area (Å²) in [7, 11) is 0. The molecule has 0 atom stereocenters. The van der Waals surface area contributed by atoms with Gasteiger partial charge < -0.3 is 10.4 Å². The Morgan fingerprint density at radius 2 is 2.21 bits per heavy atom. The van der Waals surface area contributed by atoms with Gasteiger partial charge in [0.25, 0.3) is 0 Å². The third-order valence-electron chi connectivity index (χ3n) is 2.83. The summed E-state index contributed by atoms with van der Waals surface area (Å²) in [5, 5.41) is 12.2. The van der Waals surface area contributed by atoms with Crippen LogP contribution >= 0.6 is 11.3 Å². The fourth-order valence-electron chi connectivity index (χ4n) is 1.72. The molecule has 6 heteroatoms. The van der Waals surface area contributed by atoms with Crippen LogP contribution in [0, 0.1) is 13.8 Å². The molecule has 0 saturated heterocycles. The van der Waals surface area contributed by atoms with Gasteiger partial charge in [-0.3, -0.25) is 0 Å². The lowest BCUT2D eigenvalue weighted by Gasteiger charge is -2.05. The number of aryl methyl sites for hydroxylation is 2. The zero-order valence-corrected chi connectivity index (χ0v) is 11.6. The molecule has 0 bridgehead atoms. The molecule has 5 nitrogen and oxygen atoms in total. The number of hydrogen-bond donors (Lipinski definition) is 2. The molecule has 2 aromatic rings. The van der Waals surface area contributed by atoms with Crippen LogP contribution in [0.3, 0.4) is 0 Å². The van der Waals surface area contributed by atoms with E-state index in [0.717, 1.165) is 0 Å². The number of aromatic carboxylic acids is 1. The van der Waals surface area contributed by atoms with Crippen LogP contribution in [-0.2, 0) is 13.1 Å². The van der Waals surface area contributed by atoms with E-state index in [-0.39, 0.29) is 5.56 Å². The molecule has 0 aliphatic carbocycles. The van der Waals surface area contributed by atoms with E-state index < -0.39 is 5.97 Å². The number of thiophene rings is 1. The molecule has 2 heterocycles. The molecule has 2 N–H and O–H groups in total. The maximum atomic E-state index is 11.0. The smallest absolute Gasteiger partial charge is 0.339 e. The van der Waals surface area contributed by atoms with Crippen LogP contribution in [0.25, 0.3) is 0 Å². The van der Waals surface area contributed by atoms with E-state index in [2.05, 4.69) is 35.2 Å². The molecule has 0 amide bonds. The second-order valence-electron chi connectivity index (χ2n) is 4.24. The lowest BCUT2D eigenvalue weighted by molar-refractivity contribution is 0.0694. The summed E-state index contributed by atoms with van der Waals surface area (Å²) in [4.78, 5) is 21.3. The molecule has 19 heavy (non-hydrogen) atoms. The Morgan fingerprint density at radius 3 is 2.84 bits per heavy atom. The van der Waals surface area contributed by atoms with Crippen LogP contribution < -0.4 is 5.32 Å². The molecule has 0 fully saturated rings. The number of carboxylic acid groups (broad SMARTS) is 1. The van der Waals surface area contributed by atoms with Crippen LogP contribution in [0.15, 0.2) is 18.6 Å². The van der Waals surface area contributed by atoms with Crippen LogP contribution in [0.4, 0.5) is 0 Å². The van der Waals surface area contributed by atoms with E-state index in [9.17, 15) is 4.79 Å². The number of hydrogen-bond acceptors (Lipinski definition) is 5. The number of aromatic nitrogens is 2. The highest BCUT2D eigenvalue weighted by atomic mass is 32.1. The number of nitrogens with zero attached hydrogens (tertiary/aromatic N) is 2. The minimum absolute atomic E-state index is 0.147.